The van der Waals surface area contributed by atoms with Crippen molar-refractivity contribution in [2.45, 2.75) is 19.3 Å². The van der Waals surface area contributed by atoms with E-state index in [1.165, 1.54) is 13.5 Å². The van der Waals surface area contributed by atoms with Gasteiger partial charge in [-0.3, -0.25) is 4.79 Å². The van der Waals surface area contributed by atoms with Gasteiger partial charge in [-0.1, -0.05) is 37.3 Å². The SMILES string of the molecule is COC(=O)C(CNCC1CC1C)c1ccccc1. The van der Waals surface area contributed by atoms with Crippen LogP contribution in [-0.4, -0.2) is 26.2 Å². The number of ether oxygens (including phenoxy) is 1. The molecule has 1 aromatic carbocycles. The molecule has 0 radical (unpaired) electrons. The lowest BCUT2D eigenvalue weighted by atomic mass is 9.99. The maximum atomic E-state index is 11.8. The van der Waals surface area contributed by atoms with Crippen molar-refractivity contribution in [3.63, 3.8) is 0 Å². The van der Waals surface area contributed by atoms with Crippen LogP contribution in [0, 0.1) is 11.8 Å². The van der Waals surface area contributed by atoms with Crippen LogP contribution in [0.25, 0.3) is 0 Å². The highest BCUT2D eigenvalue weighted by Gasteiger charge is 2.32. The highest BCUT2D eigenvalue weighted by molar-refractivity contribution is 5.78. The largest absolute Gasteiger partial charge is 0.469 e. The first kappa shape index (κ1) is 13.1. The molecule has 1 aromatic rings. The normalized spacial score (nSPS) is 23.4. The van der Waals surface area contributed by atoms with Crippen LogP contribution in [0.15, 0.2) is 30.3 Å². The third kappa shape index (κ3) is 3.33. The maximum absolute atomic E-state index is 11.8. The fraction of sp³-hybridized carbons (Fsp3) is 0.533. The Morgan fingerprint density at radius 2 is 2.11 bits per heavy atom. The average Bonchev–Trinajstić information content (AvgIpc) is 3.11. The Morgan fingerprint density at radius 3 is 2.67 bits per heavy atom. The van der Waals surface area contributed by atoms with Gasteiger partial charge in [0.25, 0.3) is 0 Å². The second kappa shape index (κ2) is 6.01. The second-order valence-corrected chi connectivity index (χ2v) is 5.12. The van der Waals surface area contributed by atoms with Crippen LogP contribution in [0.2, 0.25) is 0 Å². The lowest BCUT2D eigenvalue weighted by molar-refractivity contribution is -0.142. The molecule has 0 aliphatic heterocycles. The molecule has 3 atom stereocenters. The lowest BCUT2D eigenvalue weighted by Gasteiger charge is -2.15. The molecular formula is C15H21NO2. The molecule has 1 aliphatic rings. The van der Waals surface area contributed by atoms with E-state index in [2.05, 4.69) is 12.2 Å². The topological polar surface area (TPSA) is 38.3 Å². The quantitative estimate of drug-likeness (QED) is 0.783. The number of carbonyl (C=O) groups is 1. The number of nitrogens with one attached hydrogen (secondary N) is 1. The van der Waals surface area contributed by atoms with Crippen molar-refractivity contribution < 1.29 is 9.53 Å². The summed E-state index contributed by atoms with van der Waals surface area (Å²) in [7, 11) is 1.45. The van der Waals surface area contributed by atoms with E-state index < -0.39 is 0 Å². The molecule has 1 fully saturated rings. The monoisotopic (exact) mass is 247 g/mol. The van der Waals surface area contributed by atoms with Crippen molar-refractivity contribution in [1.82, 2.24) is 5.32 Å². The van der Waals surface area contributed by atoms with Crippen LogP contribution in [-0.2, 0) is 9.53 Å². The third-order valence-corrected chi connectivity index (χ3v) is 3.72. The molecule has 0 amide bonds. The van der Waals surface area contributed by atoms with Crippen molar-refractivity contribution >= 4 is 5.97 Å². The molecule has 0 bridgehead atoms. The lowest BCUT2D eigenvalue weighted by Crippen LogP contribution is -2.29. The predicted octanol–water partition coefficient (Wildman–Crippen LogP) is 2.19. The van der Waals surface area contributed by atoms with Gasteiger partial charge >= 0.3 is 5.97 Å². The number of benzene rings is 1. The van der Waals surface area contributed by atoms with Crippen molar-refractivity contribution in [2.24, 2.45) is 11.8 Å². The highest BCUT2D eigenvalue weighted by atomic mass is 16.5. The zero-order valence-corrected chi connectivity index (χ0v) is 11.1. The summed E-state index contributed by atoms with van der Waals surface area (Å²) in [5.74, 6) is 1.26. The molecule has 1 saturated carbocycles. The minimum atomic E-state index is -0.203. The minimum absolute atomic E-state index is 0.169. The van der Waals surface area contributed by atoms with E-state index in [4.69, 9.17) is 4.74 Å². The Balaban J connectivity index is 1.91. The van der Waals surface area contributed by atoms with Crippen molar-refractivity contribution in [1.29, 1.82) is 0 Å². The van der Waals surface area contributed by atoms with Gasteiger partial charge in [0, 0.05) is 6.54 Å². The Bertz CT molecular complexity index is 391. The second-order valence-electron chi connectivity index (χ2n) is 5.12. The summed E-state index contributed by atoms with van der Waals surface area (Å²) in [6, 6.07) is 9.81. The summed E-state index contributed by atoms with van der Waals surface area (Å²) in [6.45, 7) is 3.92. The number of esters is 1. The first-order chi connectivity index (χ1) is 8.72. The molecule has 0 spiro atoms. The fourth-order valence-corrected chi connectivity index (χ4v) is 2.26. The summed E-state index contributed by atoms with van der Waals surface area (Å²) < 4.78 is 4.88. The standard InChI is InChI=1S/C15H21NO2/c1-11-8-13(11)9-16-10-14(15(17)18-2)12-6-4-3-5-7-12/h3-7,11,13-14,16H,8-10H2,1-2H3. The van der Waals surface area contributed by atoms with Gasteiger partial charge in [0.15, 0.2) is 0 Å². The predicted molar refractivity (Wildman–Crippen MR) is 71.3 cm³/mol. The Kier molecular flexibility index (Phi) is 4.37. The Morgan fingerprint density at radius 1 is 1.44 bits per heavy atom. The van der Waals surface area contributed by atoms with Gasteiger partial charge in [0.1, 0.15) is 0 Å². The van der Waals surface area contributed by atoms with Gasteiger partial charge in [0.2, 0.25) is 0 Å². The Hall–Kier alpha value is -1.35. The highest BCUT2D eigenvalue weighted by Crippen LogP contribution is 2.36. The molecular weight excluding hydrogens is 226 g/mol. The van der Waals surface area contributed by atoms with E-state index >= 15 is 0 Å². The molecule has 18 heavy (non-hydrogen) atoms. The molecule has 0 saturated heterocycles. The van der Waals surface area contributed by atoms with Crippen molar-refractivity contribution in [2.75, 3.05) is 20.2 Å². The molecule has 2 rings (SSSR count). The van der Waals surface area contributed by atoms with Gasteiger partial charge in [-0.15, -0.1) is 0 Å². The molecule has 3 nitrogen and oxygen atoms in total. The summed E-state index contributed by atoms with van der Waals surface area (Å²) in [5, 5.41) is 3.39. The summed E-state index contributed by atoms with van der Waals surface area (Å²) in [6.07, 6.45) is 1.31. The molecule has 1 aliphatic carbocycles. The molecule has 1 N–H and O–H groups in total. The van der Waals surface area contributed by atoms with Crippen LogP contribution < -0.4 is 5.32 Å². The zero-order valence-electron chi connectivity index (χ0n) is 11.1. The molecule has 0 heterocycles. The van der Waals surface area contributed by atoms with Crippen LogP contribution in [0.1, 0.15) is 24.8 Å². The molecule has 3 heteroatoms. The van der Waals surface area contributed by atoms with E-state index in [0.717, 1.165) is 23.9 Å². The minimum Gasteiger partial charge on any atom is -0.469 e. The van der Waals surface area contributed by atoms with E-state index in [1.54, 1.807) is 0 Å². The summed E-state index contributed by atoms with van der Waals surface area (Å²) >= 11 is 0. The molecule has 98 valence electrons. The summed E-state index contributed by atoms with van der Waals surface area (Å²) in [4.78, 5) is 11.8. The van der Waals surface area contributed by atoms with Crippen LogP contribution in [0.3, 0.4) is 0 Å². The van der Waals surface area contributed by atoms with Crippen LogP contribution in [0.4, 0.5) is 0 Å². The van der Waals surface area contributed by atoms with Gasteiger partial charge in [-0.25, -0.2) is 0 Å². The average molecular weight is 247 g/mol. The van der Waals surface area contributed by atoms with Gasteiger partial charge in [-0.05, 0) is 30.4 Å². The van der Waals surface area contributed by atoms with E-state index in [1.807, 2.05) is 30.3 Å². The van der Waals surface area contributed by atoms with Crippen molar-refractivity contribution in [3.8, 4) is 0 Å². The first-order valence-corrected chi connectivity index (χ1v) is 6.56. The van der Waals surface area contributed by atoms with Crippen LogP contribution in [0.5, 0.6) is 0 Å². The number of hydrogen-bond donors (Lipinski definition) is 1. The fourth-order valence-electron chi connectivity index (χ4n) is 2.26. The zero-order chi connectivity index (χ0) is 13.0. The van der Waals surface area contributed by atoms with E-state index in [9.17, 15) is 4.79 Å². The number of rotatable bonds is 6. The number of methoxy groups -OCH3 is 1. The first-order valence-electron chi connectivity index (χ1n) is 6.56. The van der Waals surface area contributed by atoms with Gasteiger partial charge < -0.3 is 10.1 Å². The van der Waals surface area contributed by atoms with Gasteiger partial charge in [0.05, 0.1) is 13.0 Å². The molecule has 0 aromatic heterocycles. The van der Waals surface area contributed by atoms with Crippen molar-refractivity contribution in [3.05, 3.63) is 35.9 Å². The molecule has 3 unspecified atom stereocenters. The van der Waals surface area contributed by atoms with E-state index in [0.29, 0.717) is 6.54 Å². The third-order valence-electron chi connectivity index (χ3n) is 3.72. The summed E-state index contributed by atoms with van der Waals surface area (Å²) in [5.41, 5.74) is 1.01. The van der Waals surface area contributed by atoms with Gasteiger partial charge in [-0.2, -0.15) is 0 Å². The number of hydrogen-bond acceptors (Lipinski definition) is 3. The number of carbonyl (C=O) groups excluding carboxylic acids is 1. The maximum Gasteiger partial charge on any atom is 0.314 e. The smallest absolute Gasteiger partial charge is 0.314 e. The van der Waals surface area contributed by atoms with E-state index in [-0.39, 0.29) is 11.9 Å². The Labute approximate surface area is 109 Å². The van der Waals surface area contributed by atoms with Crippen LogP contribution >= 0.6 is 0 Å².